The fourth-order valence-corrected chi connectivity index (χ4v) is 2.31. The molecule has 0 aliphatic heterocycles. The molecule has 6 nitrogen and oxygen atoms in total. The van der Waals surface area contributed by atoms with Crippen LogP contribution in [0.1, 0.15) is 27.0 Å². The van der Waals surface area contributed by atoms with Gasteiger partial charge in [-0.15, -0.1) is 0 Å². The number of methoxy groups -OCH3 is 1. The van der Waals surface area contributed by atoms with Crippen LogP contribution in [0.25, 0.3) is 0 Å². The van der Waals surface area contributed by atoms with Crippen molar-refractivity contribution in [3.05, 3.63) is 74.8 Å². The zero-order valence-electron chi connectivity index (χ0n) is 13.0. The van der Waals surface area contributed by atoms with E-state index in [0.29, 0.717) is 24.3 Å². The molecule has 0 heterocycles. The first kappa shape index (κ1) is 16.6. The van der Waals surface area contributed by atoms with Crippen molar-refractivity contribution < 1.29 is 14.5 Å². The predicted octanol–water partition coefficient (Wildman–Crippen LogP) is 2.98. The number of nitro groups is 1. The molecule has 0 atom stereocenters. The first-order chi connectivity index (χ1) is 11.0. The highest BCUT2D eigenvalue weighted by molar-refractivity contribution is 5.94. The minimum Gasteiger partial charge on any atom is -0.380 e. The van der Waals surface area contributed by atoms with Gasteiger partial charge in [0.05, 0.1) is 11.5 Å². The minimum absolute atomic E-state index is 0.00647. The molecule has 0 spiro atoms. The lowest BCUT2D eigenvalue weighted by Gasteiger charge is -2.10. The first-order valence-electron chi connectivity index (χ1n) is 7.12. The van der Waals surface area contributed by atoms with E-state index < -0.39 is 4.92 Å². The van der Waals surface area contributed by atoms with Gasteiger partial charge in [0.25, 0.3) is 11.6 Å². The number of carbonyl (C=O) groups is 1. The van der Waals surface area contributed by atoms with Gasteiger partial charge in [-0.05, 0) is 30.2 Å². The molecule has 0 saturated carbocycles. The molecule has 0 bridgehead atoms. The fourth-order valence-electron chi connectivity index (χ4n) is 2.31. The van der Waals surface area contributed by atoms with E-state index in [1.54, 1.807) is 14.0 Å². The number of aryl methyl sites for hydroxylation is 1. The van der Waals surface area contributed by atoms with E-state index in [1.165, 1.54) is 18.2 Å². The molecule has 6 heteroatoms. The average molecular weight is 314 g/mol. The first-order valence-corrected chi connectivity index (χ1v) is 7.12. The summed E-state index contributed by atoms with van der Waals surface area (Å²) < 4.78 is 5.13. The van der Waals surface area contributed by atoms with Crippen LogP contribution >= 0.6 is 0 Å². The summed E-state index contributed by atoms with van der Waals surface area (Å²) in [4.78, 5) is 22.6. The van der Waals surface area contributed by atoms with E-state index in [4.69, 9.17) is 4.74 Å². The maximum Gasteiger partial charge on any atom is 0.272 e. The van der Waals surface area contributed by atoms with E-state index in [0.717, 1.165) is 11.1 Å². The van der Waals surface area contributed by atoms with E-state index in [-0.39, 0.29) is 11.6 Å². The number of ether oxygens (including phenoxy) is 1. The minimum atomic E-state index is -0.460. The standard InChI is InChI=1S/C17H18N2O4/c1-12-9-13(7-8-16(12)19(21)22)17(20)18-10-14-5-3-4-6-15(14)11-23-2/h3-9H,10-11H2,1-2H3,(H,18,20). The lowest BCUT2D eigenvalue weighted by Crippen LogP contribution is -2.23. The maximum absolute atomic E-state index is 12.2. The number of nitrogens with one attached hydrogen (secondary N) is 1. The topological polar surface area (TPSA) is 81.5 Å². The SMILES string of the molecule is COCc1ccccc1CNC(=O)c1ccc([N+](=O)[O-])c(C)c1. The summed E-state index contributed by atoms with van der Waals surface area (Å²) in [7, 11) is 1.62. The Hall–Kier alpha value is -2.73. The zero-order valence-corrected chi connectivity index (χ0v) is 13.0. The molecular formula is C17H18N2O4. The van der Waals surface area contributed by atoms with Gasteiger partial charge in [0.15, 0.2) is 0 Å². The van der Waals surface area contributed by atoms with Crippen LogP contribution in [0, 0.1) is 17.0 Å². The molecule has 0 fully saturated rings. The Kier molecular flexibility index (Phi) is 5.43. The Morgan fingerprint density at radius 3 is 2.52 bits per heavy atom. The van der Waals surface area contributed by atoms with E-state index in [1.807, 2.05) is 24.3 Å². The molecule has 2 aromatic carbocycles. The third-order valence-electron chi connectivity index (χ3n) is 3.51. The van der Waals surface area contributed by atoms with Crippen molar-refractivity contribution in [2.24, 2.45) is 0 Å². The van der Waals surface area contributed by atoms with E-state index >= 15 is 0 Å². The average Bonchev–Trinajstić information content (AvgIpc) is 2.53. The molecular weight excluding hydrogens is 296 g/mol. The Balaban J connectivity index is 2.08. The Labute approximate surface area is 134 Å². The highest BCUT2D eigenvalue weighted by Gasteiger charge is 2.14. The molecule has 0 saturated heterocycles. The van der Waals surface area contributed by atoms with Crippen LogP contribution in [0.2, 0.25) is 0 Å². The lowest BCUT2D eigenvalue weighted by molar-refractivity contribution is -0.385. The van der Waals surface area contributed by atoms with Crippen molar-refractivity contribution >= 4 is 11.6 Å². The predicted molar refractivity (Wildman–Crippen MR) is 86.2 cm³/mol. The number of benzene rings is 2. The molecule has 0 aromatic heterocycles. The van der Waals surface area contributed by atoms with Crippen molar-refractivity contribution in [3.8, 4) is 0 Å². The highest BCUT2D eigenvalue weighted by Crippen LogP contribution is 2.19. The largest absolute Gasteiger partial charge is 0.380 e. The van der Waals surface area contributed by atoms with Crippen LogP contribution < -0.4 is 5.32 Å². The number of hydrogen-bond acceptors (Lipinski definition) is 4. The Morgan fingerprint density at radius 1 is 1.22 bits per heavy atom. The molecule has 0 aliphatic rings. The van der Waals surface area contributed by atoms with Gasteiger partial charge in [-0.25, -0.2) is 0 Å². The van der Waals surface area contributed by atoms with Crippen molar-refractivity contribution in [3.63, 3.8) is 0 Å². The maximum atomic E-state index is 12.2. The Morgan fingerprint density at radius 2 is 1.91 bits per heavy atom. The number of hydrogen-bond donors (Lipinski definition) is 1. The van der Waals surface area contributed by atoms with Gasteiger partial charge in [-0.3, -0.25) is 14.9 Å². The normalized spacial score (nSPS) is 10.3. The van der Waals surface area contributed by atoms with Gasteiger partial charge in [0.2, 0.25) is 0 Å². The van der Waals surface area contributed by atoms with Gasteiger partial charge in [0.1, 0.15) is 0 Å². The van der Waals surface area contributed by atoms with Crippen molar-refractivity contribution in [2.45, 2.75) is 20.1 Å². The van der Waals surface area contributed by atoms with Crippen LogP contribution in [0.15, 0.2) is 42.5 Å². The quantitative estimate of drug-likeness (QED) is 0.656. The highest BCUT2D eigenvalue weighted by atomic mass is 16.6. The van der Waals surface area contributed by atoms with E-state index in [9.17, 15) is 14.9 Å². The van der Waals surface area contributed by atoms with Gasteiger partial charge in [-0.1, -0.05) is 24.3 Å². The summed E-state index contributed by atoms with van der Waals surface area (Å²) in [6.07, 6.45) is 0. The molecule has 120 valence electrons. The second kappa shape index (κ2) is 7.51. The second-order valence-corrected chi connectivity index (χ2v) is 5.14. The summed E-state index contributed by atoms with van der Waals surface area (Å²) in [5.41, 5.74) is 2.85. The smallest absolute Gasteiger partial charge is 0.272 e. The summed E-state index contributed by atoms with van der Waals surface area (Å²) in [5.74, 6) is -0.268. The molecule has 2 aromatic rings. The van der Waals surface area contributed by atoms with Crippen molar-refractivity contribution in [2.75, 3.05) is 7.11 Å². The molecule has 1 N–H and O–H groups in total. The monoisotopic (exact) mass is 314 g/mol. The second-order valence-electron chi connectivity index (χ2n) is 5.14. The van der Waals surface area contributed by atoms with Gasteiger partial charge >= 0.3 is 0 Å². The van der Waals surface area contributed by atoms with Crippen LogP contribution in [0.5, 0.6) is 0 Å². The Bertz CT molecular complexity index is 728. The number of rotatable bonds is 6. The van der Waals surface area contributed by atoms with Gasteiger partial charge in [-0.2, -0.15) is 0 Å². The lowest BCUT2D eigenvalue weighted by atomic mass is 10.1. The zero-order chi connectivity index (χ0) is 16.8. The summed E-state index contributed by atoms with van der Waals surface area (Å²) in [5, 5.41) is 13.6. The summed E-state index contributed by atoms with van der Waals surface area (Å²) in [6.45, 7) is 2.46. The third kappa shape index (κ3) is 4.14. The molecule has 2 rings (SSSR count). The molecule has 23 heavy (non-hydrogen) atoms. The number of nitro benzene ring substituents is 1. The fraction of sp³-hybridized carbons (Fsp3) is 0.235. The van der Waals surface area contributed by atoms with Crippen molar-refractivity contribution in [1.29, 1.82) is 0 Å². The van der Waals surface area contributed by atoms with Crippen LogP contribution in [-0.2, 0) is 17.9 Å². The molecule has 0 aliphatic carbocycles. The summed E-state index contributed by atoms with van der Waals surface area (Å²) >= 11 is 0. The summed E-state index contributed by atoms with van der Waals surface area (Å²) in [6, 6.07) is 12.0. The third-order valence-corrected chi connectivity index (χ3v) is 3.51. The van der Waals surface area contributed by atoms with Crippen LogP contribution in [-0.4, -0.2) is 17.9 Å². The number of carbonyl (C=O) groups excluding carboxylic acids is 1. The van der Waals surface area contributed by atoms with Gasteiger partial charge in [0, 0.05) is 30.8 Å². The van der Waals surface area contributed by atoms with Gasteiger partial charge < -0.3 is 10.1 Å². The number of amides is 1. The van der Waals surface area contributed by atoms with Crippen LogP contribution in [0.4, 0.5) is 5.69 Å². The number of nitrogens with zero attached hydrogens (tertiary/aromatic N) is 1. The van der Waals surface area contributed by atoms with Crippen LogP contribution in [0.3, 0.4) is 0 Å². The van der Waals surface area contributed by atoms with Crippen molar-refractivity contribution in [1.82, 2.24) is 5.32 Å². The molecule has 0 radical (unpaired) electrons. The molecule has 0 unspecified atom stereocenters. The molecule has 1 amide bonds. The van der Waals surface area contributed by atoms with E-state index in [2.05, 4.69) is 5.32 Å².